The molecule has 1 aromatic carbocycles. The van der Waals surface area contributed by atoms with Gasteiger partial charge in [0.05, 0.1) is 0 Å². The van der Waals surface area contributed by atoms with E-state index in [0.717, 1.165) is 0 Å². The van der Waals surface area contributed by atoms with Gasteiger partial charge in [0.25, 0.3) is 0 Å². The number of aryl methyl sites for hydroxylation is 2. The molecule has 0 aromatic heterocycles. The maximum absolute atomic E-state index is 6.05. The van der Waals surface area contributed by atoms with Gasteiger partial charge in [-0.1, -0.05) is 6.07 Å². The van der Waals surface area contributed by atoms with Crippen molar-refractivity contribution in [1.29, 1.82) is 0 Å². The van der Waals surface area contributed by atoms with E-state index in [2.05, 4.69) is 46.0 Å². The zero-order chi connectivity index (χ0) is 12.5. The fourth-order valence-electron chi connectivity index (χ4n) is 2.38. The summed E-state index contributed by atoms with van der Waals surface area (Å²) in [5.41, 5.74) is 12.8. The maximum atomic E-state index is 6.05. The Labute approximate surface area is 99.2 Å². The third-order valence-corrected chi connectivity index (χ3v) is 3.57. The number of likely N-dealkylation sites (N-methyl/N-ethyl adjacent to an activating group) is 1. The highest BCUT2D eigenvalue weighted by Gasteiger charge is 2.20. The van der Waals surface area contributed by atoms with Crippen molar-refractivity contribution in [2.75, 3.05) is 7.05 Å². The third-order valence-electron chi connectivity index (χ3n) is 3.57. The van der Waals surface area contributed by atoms with E-state index >= 15 is 0 Å². The van der Waals surface area contributed by atoms with Gasteiger partial charge in [0.2, 0.25) is 0 Å². The Morgan fingerprint density at radius 1 is 1.06 bits per heavy atom. The van der Waals surface area contributed by atoms with Gasteiger partial charge in [-0.05, 0) is 69.5 Å². The highest BCUT2D eigenvalue weighted by molar-refractivity contribution is 5.46. The van der Waals surface area contributed by atoms with Crippen LogP contribution in [0.2, 0.25) is 0 Å². The van der Waals surface area contributed by atoms with Crippen LogP contribution in [0.15, 0.2) is 6.07 Å². The smallest absolute Gasteiger partial charge is 0.0474 e. The molecule has 0 amide bonds. The van der Waals surface area contributed by atoms with Gasteiger partial charge in [0, 0.05) is 12.1 Å². The minimum absolute atomic E-state index is 0.114. The normalized spacial score (nSPS) is 14.9. The number of rotatable bonds is 3. The molecule has 2 unspecified atom stereocenters. The highest BCUT2D eigenvalue weighted by atomic mass is 14.9. The minimum atomic E-state index is 0.114. The van der Waals surface area contributed by atoms with Crippen molar-refractivity contribution < 1.29 is 0 Å². The van der Waals surface area contributed by atoms with Crippen LogP contribution in [-0.2, 0) is 0 Å². The summed E-state index contributed by atoms with van der Waals surface area (Å²) in [5, 5.41) is 3.33. The first-order chi connectivity index (χ1) is 7.40. The summed E-state index contributed by atoms with van der Waals surface area (Å²) < 4.78 is 0. The average molecular weight is 220 g/mol. The SMILES string of the molecule is CNC(c1c(C)c(C)cc(C)c1C)C(C)N. The zero-order valence-electron chi connectivity index (χ0n) is 11.3. The Hall–Kier alpha value is -0.860. The van der Waals surface area contributed by atoms with E-state index < -0.39 is 0 Å². The average Bonchev–Trinajstić information content (AvgIpc) is 2.21. The van der Waals surface area contributed by atoms with Gasteiger partial charge in [-0.3, -0.25) is 0 Å². The molecule has 3 N–H and O–H groups in total. The molecule has 0 aliphatic rings. The Bertz CT molecular complexity index is 355. The van der Waals surface area contributed by atoms with Crippen LogP contribution in [0.3, 0.4) is 0 Å². The van der Waals surface area contributed by atoms with Crippen molar-refractivity contribution in [3.8, 4) is 0 Å². The standard InChI is InChI=1S/C14H24N2/c1-8-7-9(2)11(4)13(10(8)3)14(16-6)12(5)15/h7,12,14,16H,15H2,1-6H3. The highest BCUT2D eigenvalue weighted by Crippen LogP contribution is 2.28. The molecule has 0 aliphatic heterocycles. The van der Waals surface area contributed by atoms with Crippen LogP contribution >= 0.6 is 0 Å². The summed E-state index contributed by atoms with van der Waals surface area (Å²) in [7, 11) is 1.98. The molecule has 0 spiro atoms. The number of benzene rings is 1. The van der Waals surface area contributed by atoms with Crippen molar-refractivity contribution in [2.24, 2.45) is 5.73 Å². The van der Waals surface area contributed by atoms with E-state index in [1.165, 1.54) is 27.8 Å². The van der Waals surface area contributed by atoms with E-state index in [1.807, 2.05) is 7.05 Å². The second-order valence-electron chi connectivity index (χ2n) is 4.80. The van der Waals surface area contributed by atoms with E-state index in [4.69, 9.17) is 5.73 Å². The van der Waals surface area contributed by atoms with Gasteiger partial charge < -0.3 is 11.1 Å². The lowest BCUT2D eigenvalue weighted by Crippen LogP contribution is -2.35. The van der Waals surface area contributed by atoms with Crippen molar-refractivity contribution in [2.45, 2.75) is 46.7 Å². The molecule has 0 aliphatic carbocycles. The van der Waals surface area contributed by atoms with Crippen LogP contribution < -0.4 is 11.1 Å². The molecular formula is C14H24N2. The Morgan fingerprint density at radius 2 is 1.50 bits per heavy atom. The third kappa shape index (κ3) is 2.28. The molecule has 0 heterocycles. The molecule has 90 valence electrons. The number of hydrogen-bond donors (Lipinski definition) is 2. The first-order valence-corrected chi connectivity index (χ1v) is 5.90. The van der Waals surface area contributed by atoms with Gasteiger partial charge in [-0.2, -0.15) is 0 Å². The topological polar surface area (TPSA) is 38.0 Å². The molecule has 0 bridgehead atoms. The summed E-state index contributed by atoms with van der Waals surface area (Å²) in [6.45, 7) is 10.8. The maximum Gasteiger partial charge on any atom is 0.0474 e. The summed E-state index contributed by atoms with van der Waals surface area (Å²) in [5.74, 6) is 0. The summed E-state index contributed by atoms with van der Waals surface area (Å²) in [6.07, 6.45) is 0. The monoisotopic (exact) mass is 220 g/mol. The second kappa shape index (κ2) is 4.98. The van der Waals surface area contributed by atoms with Crippen LogP contribution in [0.5, 0.6) is 0 Å². The van der Waals surface area contributed by atoms with Gasteiger partial charge in [0.15, 0.2) is 0 Å². The molecule has 0 fully saturated rings. The molecule has 1 rings (SSSR count). The van der Waals surface area contributed by atoms with Crippen molar-refractivity contribution in [1.82, 2.24) is 5.32 Å². The van der Waals surface area contributed by atoms with Crippen LogP contribution in [0.4, 0.5) is 0 Å². The Kier molecular flexibility index (Phi) is 4.11. The number of nitrogens with two attached hydrogens (primary N) is 1. The van der Waals surface area contributed by atoms with E-state index in [0.29, 0.717) is 0 Å². The van der Waals surface area contributed by atoms with Crippen LogP contribution in [-0.4, -0.2) is 13.1 Å². The van der Waals surface area contributed by atoms with E-state index in [1.54, 1.807) is 0 Å². The molecule has 0 saturated heterocycles. The molecule has 1 aromatic rings. The van der Waals surface area contributed by atoms with Crippen LogP contribution in [0.1, 0.15) is 40.8 Å². The molecule has 0 saturated carbocycles. The van der Waals surface area contributed by atoms with Crippen molar-refractivity contribution in [3.63, 3.8) is 0 Å². The summed E-state index contributed by atoms with van der Waals surface area (Å²) in [6, 6.07) is 2.60. The van der Waals surface area contributed by atoms with Gasteiger partial charge in [-0.15, -0.1) is 0 Å². The largest absolute Gasteiger partial charge is 0.326 e. The first-order valence-electron chi connectivity index (χ1n) is 5.90. The molecule has 2 heteroatoms. The Morgan fingerprint density at radius 3 is 1.81 bits per heavy atom. The van der Waals surface area contributed by atoms with Gasteiger partial charge >= 0.3 is 0 Å². The number of nitrogens with one attached hydrogen (secondary N) is 1. The van der Waals surface area contributed by atoms with Crippen LogP contribution in [0.25, 0.3) is 0 Å². The van der Waals surface area contributed by atoms with Crippen molar-refractivity contribution >= 4 is 0 Å². The lowest BCUT2D eigenvalue weighted by molar-refractivity contribution is 0.499. The van der Waals surface area contributed by atoms with E-state index in [9.17, 15) is 0 Å². The van der Waals surface area contributed by atoms with Gasteiger partial charge in [0.1, 0.15) is 0 Å². The molecular weight excluding hydrogens is 196 g/mol. The summed E-state index contributed by atoms with van der Waals surface area (Å²) in [4.78, 5) is 0. The first kappa shape index (κ1) is 13.2. The zero-order valence-corrected chi connectivity index (χ0v) is 11.3. The molecule has 0 radical (unpaired) electrons. The molecule has 2 atom stereocenters. The predicted molar refractivity (Wildman–Crippen MR) is 70.8 cm³/mol. The Balaban J connectivity index is 3.41. The lowest BCUT2D eigenvalue weighted by Gasteiger charge is -2.26. The summed E-state index contributed by atoms with van der Waals surface area (Å²) >= 11 is 0. The minimum Gasteiger partial charge on any atom is -0.326 e. The second-order valence-corrected chi connectivity index (χ2v) is 4.80. The fourth-order valence-corrected chi connectivity index (χ4v) is 2.38. The van der Waals surface area contributed by atoms with Crippen molar-refractivity contribution in [3.05, 3.63) is 33.9 Å². The lowest BCUT2D eigenvalue weighted by atomic mass is 9.87. The number of hydrogen-bond acceptors (Lipinski definition) is 2. The fraction of sp³-hybridized carbons (Fsp3) is 0.571. The molecule has 16 heavy (non-hydrogen) atoms. The quantitative estimate of drug-likeness (QED) is 0.821. The van der Waals surface area contributed by atoms with E-state index in [-0.39, 0.29) is 12.1 Å². The van der Waals surface area contributed by atoms with Crippen LogP contribution in [0, 0.1) is 27.7 Å². The van der Waals surface area contributed by atoms with Gasteiger partial charge in [-0.25, -0.2) is 0 Å². The molecule has 2 nitrogen and oxygen atoms in total. The predicted octanol–water partition coefficient (Wildman–Crippen LogP) is 2.53.